The van der Waals surface area contributed by atoms with Crippen molar-refractivity contribution < 1.29 is 4.74 Å². The van der Waals surface area contributed by atoms with Crippen molar-refractivity contribution in [3.63, 3.8) is 0 Å². The van der Waals surface area contributed by atoms with Gasteiger partial charge >= 0.3 is 0 Å². The molecule has 2 aliphatic heterocycles. The lowest BCUT2D eigenvalue weighted by molar-refractivity contribution is 0.00534. The van der Waals surface area contributed by atoms with Gasteiger partial charge in [-0.3, -0.25) is 4.90 Å². The van der Waals surface area contributed by atoms with E-state index in [9.17, 15) is 0 Å². The van der Waals surface area contributed by atoms with Crippen molar-refractivity contribution >= 4 is 0 Å². The van der Waals surface area contributed by atoms with Crippen LogP contribution < -0.4 is 5.73 Å². The van der Waals surface area contributed by atoms with E-state index in [2.05, 4.69) is 16.8 Å². The van der Waals surface area contributed by atoms with Crippen LogP contribution in [-0.2, 0) is 4.74 Å². The summed E-state index contributed by atoms with van der Waals surface area (Å²) in [7, 11) is 2.22. The average Bonchev–Trinajstić information content (AvgIpc) is 2.38. The summed E-state index contributed by atoms with van der Waals surface area (Å²) in [5.74, 6) is 0. The molecular formula is C13H27N3O. The van der Waals surface area contributed by atoms with Gasteiger partial charge < -0.3 is 15.4 Å². The van der Waals surface area contributed by atoms with Crippen LogP contribution in [0, 0.1) is 0 Å². The van der Waals surface area contributed by atoms with Crippen molar-refractivity contribution in [1.29, 1.82) is 0 Å². The van der Waals surface area contributed by atoms with E-state index in [1.54, 1.807) is 0 Å². The number of rotatable bonds is 4. The second-order valence-electron chi connectivity index (χ2n) is 5.40. The third-order valence-electron chi connectivity index (χ3n) is 4.20. The summed E-state index contributed by atoms with van der Waals surface area (Å²) in [6.07, 6.45) is 4.97. The summed E-state index contributed by atoms with van der Waals surface area (Å²) in [6.45, 7) is 6.16. The Bertz CT molecular complexity index is 211. The Hall–Kier alpha value is -0.160. The molecule has 0 atom stereocenters. The summed E-state index contributed by atoms with van der Waals surface area (Å²) in [4.78, 5) is 5.11. The zero-order valence-corrected chi connectivity index (χ0v) is 11.1. The third kappa shape index (κ3) is 3.65. The fourth-order valence-electron chi connectivity index (χ4n) is 3.16. The largest absolute Gasteiger partial charge is 0.381 e. The predicted octanol–water partition coefficient (Wildman–Crippen LogP) is 0.520. The number of hydrogen-bond donors (Lipinski definition) is 1. The van der Waals surface area contributed by atoms with E-state index in [0.29, 0.717) is 6.04 Å². The molecule has 17 heavy (non-hydrogen) atoms. The number of ether oxygens (including phenoxy) is 1. The molecule has 0 bridgehead atoms. The molecule has 0 unspecified atom stereocenters. The molecule has 2 aliphatic rings. The van der Waals surface area contributed by atoms with Crippen LogP contribution in [0.3, 0.4) is 0 Å². The molecule has 2 rings (SSSR count). The Kier molecular flexibility index (Phi) is 5.22. The normalized spacial score (nSPS) is 25.6. The summed E-state index contributed by atoms with van der Waals surface area (Å²) in [5.41, 5.74) is 5.79. The molecule has 4 nitrogen and oxygen atoms in total. The SMILES string of the molecule is CN1CCC(N(CCN)C2CCOCC2)CC1. The van der Waals surface area contributed by atoms with E-state index in [1.807, 2.05) is 0 Å². The Balaban J connectivity index is 1.90. The third-order valence-corrected chi connectivity index (χ3v) is 4.20. The number of hydrogen-bond acceptors (Lipinski definition) is 4. The lowest BCUT2D eigenvalue weighted by Gasteiger charge is -2.43. The molecular weight excluding hydrogens is 214 g/mol. The summed E-state index contributed by atoms with van der Waals surface area (Å²) in [6, 6.07) is 1.46. The van der Waals surface area contributed by atoms with Crippen molar-refractivity contribution in [2.45, 2.75) is 37.8 Å². The molecule has 0 amide bonds. The molecule has 2 saturated heterocycles. The molecule has 2 N–H and O–H groups in total. The molecule has 2 fully saturated rings. The van der Waals surface area contributed by atoms with E-state index < -0.39 is 0 Å². The topological polar surface area (TPSA) is 41.7 Å². The zero-order valence-electron chi connectivity index (χ0n) is 11.1. The second kappa shape index (κ2) is 6.69. The molecule has 0 radical (unpaired) electrons. The molecule has 0 spiro atoms. The van der Waals surface area contributed by atoms with Crippen LogP contribution in [0.2, 0.25) is 0 Å². The lowest BCUT2D eigenvalue weighted by Crippen LogP contribution is -2.51. The van der Waals surface area contributed by atoms with Crippen molar-refractivity contribution in [2.24, 2.45) is 5.73 Å². The van der Waals surface area contributed by atoms with Gasteiger partial charge in [0.15, 0.2) is 0 Å². The fraction of sp³-hybridized carbons (Fsp3) is 1.00. The molecule has 0 aromatic rings. The molecule has 4 heteroatoms. The van der Waals surface area contributed by atoms with E-state index >= 15 is 0 Å². The number of nitrogens with zero attached hydrogens (tertiary/aromatic N) is 2. The van der Waals surface area contributed by atoms with E-state index in [-0.39, 0.29) is 0 Å². The Morgan fingerprint density at radius 1 is 1.12 bits per heavy atom. The number of nitrogens with two attached hydrogens (primary N) is 1. The highest BCUT2D eigenvalue weighted by molar-refractivity contribution is 4.84. The van der Waals surface area contributed by atoms with E-state index in [4.69, 9.17) is 10.5 Å². The minimum atomic E-state index is 0.709. The van der Waals surface area contributed by atoms with E-state index in [0.717, 1.165) is 32.3 Å². The molecule has 0 aliphatic carbocycles. The van der Waals surface area contributed by atoms with Crippen molar-refractivity contribution in [3.05, 3.63) is 0 Å². The first-order valence-corrected chi connectivity index (χ1v) is 7.03. The first-order chi connectivity index (χ1) is 8.31. The second-order valence-corrected chi connectivity index (χ2v) is 5.40. The van der Waals surface area contributed by atoms with Gasteiger partial charge in [0.2, 0.25) is 0 Å². The van der Waals surface area contributed by atoms with Crippen LogP contribution in [-0.4, -0.2) is 68.3 Å². The van der Waals surface area contributed by atoms with Gasteiger partial charge in [0.25, 0.3) is 0 Å². The smallest absolute Gasteiger partial charge is 0.0480 e. The molecule has 100 valence electrons. The van der Waals surface area contributed by atoms with Crippen LogP contribution in [0.1, 0.15) is 25.7 Å². The lowest BCUT2D eigenvalue weighted by atomic mass is 9.98. The monoisotopic (exact) mass is 241 g/mol. The predicted molar refractivity (Wildman–Crippen MR) is 70.1 cm³/mol. The number of likely N-dealkylation sites (tertiary alicyclic amines) is 1. The van der Waals surface area contributed by atoms with Gasteiger partial charge in [-0.15, -0.1) is 0 Å². The maximum Gasteiger partial charge on any atom is 0.0480 e. The van der Waals surface area contributed by atoms with Crippen LogP contribution in [0.4, 0.5) is 0 Å². The minimum absolute atomic E-state index is 0.709. The highest BCUT2D eigenvalue weighted by atomic mass is 16.5. The Labute approximate surface area is 105 Å². The van der Waals surface area contributed by atoms with Crippen molar-refractivity contribution in [3.8, 4) is 0 Å². The van der Waals surface area contributed by atoms with Gasteiger partial charge in [0.05, 0.1) is 0 Å². The minimum Gasteiger partial charge on any atom is -0.381 e. The van der Waals surface area contributed by atoms with Crippen LogP contribution in [0.5, 0.6) is 0 Å². The van der Waals surface area contributed by atoms with Gasteiger partial charge in [-0.05, 0) is 45.8 Å². The van der Waals surface area contributed by atoms with E-state index in [1.165, 1.54) is 38.8 Å². The van der Waals surface area contributed by atoms with Crippen LogP contribution in [0.25, 0.3) is 0 Å². The highest BCUT2D eigenvalue weighted by Gasteiger charge is 2.29. The zero-order chi connectivity index (χ0) is 12.1. The average molecular weight is 241 g/mol. The van der Waals surface area contributed by atoms with Crippen LogP contribution in [0.15, 0.2) is 0 Å². The van der Waals surface area contributed by atoms with Crippen molar-refractivity contribution in [1.82, 2.24) is 9.80 Å². The van der Waals surface area contributed by atoms with Crippen molar-refractivity contribution in [2.75, 3.05) is 46.4 Å². The molecule has 0 aromatic carbocycles. The summed E-state index contributed by atoms with van der Waals surface area (Å²) >= 11 is 0. The Morgan fingerprint density at radius 2 is 1.71 bits per heavy atom. The molecule has 0 saturated carbocycles. The molecule has 0 aromatic heterocycles. The first-order valence-electron chi connectivity index (χ1n) is 7.03. The van der Waals surface area contributed by atoms with Gasteiger partial charge in [0, 0.05) is 38.4 Å². The van der Waals surface area contributed by atoms with Gasteiger partial charge in [0.1, 0.15) is 0 Å². The van der Waals surface area contributed by atoms with Gasteiger partial charge in [-0.2, -0.15) is 0 Å². The maximum absolute atomic E-state index is 5.79. The number of piperidine rings is 1. The quantitative estimate of drug-likeness (QED) is 0.779. The fourth-order valence-corrected chi connectivity index (χ4v) is 3.16. The highest BCUT2D eigenvalue weighted by Crippen LogP contribution is 2.22. The Morgan fingerprint density at radius 3 is 2.29 bits per heavy atom. The molecule has 2 heterocycles. The van der Waals surface area contributed by atoms with Gasteiger partial charge in [-0.1, -0.05) is 0 Å². The maximum atomic E-state index is 5.79. The standard InChI is InChI=1S/C13H27N3O/c1-15-7-2-12(3-8-15)16(9-6-14)13-4-10-17-11-5-13/h12-13H,2-11,14H2,1H3. The summed E-state index contributed by atoms with van der Waals surface area (Å²) < 4.78 is 5.47. The van der Waals surface area contributed by atoms with Crippen LogP contribution >= 0.6 is 0 Å². The summed E-state index contributed by atoms with van der Waals surface area (Å²) in [5, 5.41) is 0. The van der Waals surface area contributed by atoms with Gasteiger partial charge in [-0.25, -0.2) is 0 Å². The first kappa shape index (κ1) is 13.3.